The van der Waals surface area contributed by atoms with E-state index in [1.807, 2.05) is 95.3 Å². The van der Waals surface area contributed by atoms with Gasteiger partial charge < -0.3 is 4.74 Å². The number of hydrogen-bond acceptors (Lipinski definition) is 2. The number of esters is 1. The molecule has 2 rings (SSSR count). The Kier molecular flexibility index (Phi) is 12.1. The Morgan fingerprint density at radius 2 is 1.24 bits per heavy atom. The Morgan fingerprint density at radius 1 is 0.840 bits per heavy atom. The second-order valence-electron chi connectivity index (χ2n) is 5.35. The second kappa shape index (κ2) is 13.2. The maximum Gasteiger partial charge on any atom is 0.320 e. The molecule has 0 amide bonds. The maximum atomic E-state index is 12.7. The molecule has 0 aliphatic rings. The molecule has 0 heterocycles. The van der Waals surface area contributed by atoms with Crippen molar-refractivity contribution >= 4 is 5.97 Å². The van der Waals surface area contributed by atoms with Gasteiger partial charge in [0.25, 0.3) is 0 Å². The van der Waals surface area contributed by atoms with Crippen LogP contribution in [-0.2, 0) is 14.9 Å². The Labute approximate surface area is 154 Å². The average Bonchev–Trinajstić information content (AvgIpc) is 2.72. The predicted octanol–water partition coefficient (Wildman–Crippen LogP) is 6.39. The molecule has 2 heteroatoms. The zero-order chi connectivity index (χ0) is 19.1. The third-order valence-corrected chi connectivity index (χ3v) is 3.84. The van der Waals surface area contributed by atoms with Crippen molar-refractivity contribution in [1.29, 1.82) is 0 Å². The highest BCUT2D eigenvalue weighted by Gasteiger charge is 2.38. The topological polar surface area (TPSA) is 26.3 Å². The highest BCUT2D eigenvalue weighted by Crippen LogP contribution is 2.33. The van der Waals surface area contributed by atoms with E-state index in [9.17, 15) is 4.79 Å². The van der Waals surface area contributed by atoms with Crippen molar-refractivity contribution < 1.29 is 9.53 Å². The molecule has 2 aromatic rings. The molecule has 0 unspecified atom stereocenters. The molecule has 0 spiro atoms. The number of carbonyl (C=O) groups excluding carboxylic acids is 1. The number of benzene rings is 2. The SMILES string of the molecule is CC.CC.CCCCOC(=O)C(C)(c1ccccc1)c1ccccc1. The van der Waals surface area contributed by atoms with Crippen LogP contribution in [0.2, 0.25) is 0 Å². The molecule has 25 heavy (non-hydrogen) atoms. The molecular weight excluding hydrogens is 308 g/mol. The fourth-order valence-corrected chi connectivity index (χ4v) is 2.40. The number of carbonyl (C=O) groups is 1. The predicted molar refractivity (Wildman–Crippen MR) is 108 cm³/mol. The van der Waals surface area contributed by atoms with Gasteiger partial charge >= 0.3 is 5.97 Å². The van der Waals surface area contributed by atoms with E-state index in [4.69, 9.17) is 4.74 Å². The Morgan fingerprint density at radius 3 is 1.60 bits per heavy atom. The zero-order valence-corrected chi connectivity index (χ0v) is 16.7. The summed E-state index contributed by atoms with van der Waals surface area (Å²) in [6.45, 7) is 12.5. The summed E-state index contributed by atoms with van der Waals surface area (Å²) >= 11 is 0. The minimum atomic E-state index is -0.768. The summed E-state index contributed by atoms with van der Waals surface area (Å²) in [4.78, 5) is 12.7. The van der Waals surface area contributed by atoms with Crippen molar-refractivity contribution in [1.82, 2.24) is 0 Å². The molecule has 0 saturated carbocycles. The quantitative estimate of drug-likeness (QED) is 0.449. The van der Waals surface area contributed by atoms with E-state index in [1.165, 1.54) is 0 Å². The van der Waals surface area contributed by atoms with Crippen LogP contribution in [0, 0.1) is 0 Å². The molecule has 0 radical (unpaired) electrons. The first-order valence-electron chi connectivity index (χ1n) is 9.48. The molecule has 0 fully saturated rings. The molecule has 2 aromatic carbocycles. The molecule has 0 aromatic heterocycles. The number of rotatable bonds is 6. The van der Waals surface area contributed by atoms with Crippen LogP contribution in [0.1, 0.15) is 65.5 Å². The fourth-order valence-electron chi connectivity index (χ4n) is 2.40. The summed E-state index contributed by atoms with van der Waals surface area (Å²) in [7, 11) is 0. The van der Waals surface area contributed by atoms with Gasteiger partial charge in [-0.1, -0.05) is 102 Å². The van der Waals surface area contributed by atoms with Crippen LogP contribution in [0.5, 0.6) is 0 Å². The van der Waals surface area contributed by atoms with E-state index < -0.39 is 5.41 Å². The molecule has 0 aliphatic carbocycles. The number of ether oxygens (including phenoxy) is 1. The molecule has 2 nitrogen and oxygen atoms in total. The maximum absolute atomic E-state index is 12.7. The van der Waals surface area contributed by atoms with Crippen molar-refractivity contribution in [3.05, 3.63) is 71.8 Å². The van der Waals surface area contributed by atoms with Crippen molar-refractivity contribution in [2.24, 2.45) is 0 Å². The summed E-state index contributed by atoms with van der Waals surface area (Å²) in [5, 5.41) is 0. The first kappa shape index (κ1) is 22.9. The van der Waals surface area contributed by atoms with Gasteiger partial charge in [0.15, 0.2) is 0 Å². The van der Waals surface area contributed by atoms with Crippen molar-refractivity contribution in [2.75, 3.05) is 6.61 Å². The van der Waals surface area contributed by atoms with Crippen LogP contribution in [-0.4, -0.2) is 12.6 Å². The summed E-state index contributed by atoms with van der Waals surface area (Å²) in [6.07, 6.45) is 1.91. The second-order valence-corrected chi connectivity index (χ2v) is 5.35. The van der Waals surface area contributed by atoms with Crippen LogP contribution in [0.25, 0.3) is 0 Å². The molecule has 0 saturated heterocycles. The lowest BCUT2D eigenvalue weighted by atomic mass is 9.76. The Balaban J connectivity index is 0.00000134. The minimum Gasteiger partial charge on any atom is -0.465 e. The van der Waals surface area contributed by atoms with Crippen LogP contribution < -0.4 is 0 Å². The van der Waals surface area contributed by atoms with Gasteiger partial charge in [0.05, 0.1) is 6.61 Å². The largest absolute Gasteiger partial charge is 0.465 e. The highest BCUT2D eigenvalue weighted by atomic mass is 16.5. The summed E-state index contributed by atoms with van der Waals surface area (Å²) < 4.78 is 5.52. The van der Waals surface area contributed by atoms with Gasteiger partial charge in [0.2, 0.25) is 0 Å². The monoisotopic (exact) mass is 342 g/mol. The lowest BCUT2D eigenvalue weighted by Gasteiger charge is -2.28. The third kappa shape index (κ3) is 6.38. The van der Waals surface area contributed by atoms with Gasteiger partial charge in [0, 0.05) is 0 Å². The van der Waals surface area contributed by atoms with E-state index in [1.54, 1.807) is 0 Å². The molecule has 0 aliphatic heterocycles. The number of hydrogen-bond donors (Lipinski definition) is 0. The lowest BCUT2D eigenvalue weighted by molar-refractivity contribution is -0.148. The smallest absolute Gasteiger partial charge is 0.320 e. The van der Waals surface area contributed by atoms with Gasteiger partial charge in [0.1, 0.15) is 5.41 Å². The van der Waals surface area contributed by atoms with Gasteiger partial charge in [-0.3, -0.25) is 4.79 Å². The first-order valence-corrected chi connectivity index (χ1v) is 9.48. The normalized spacial score (nSPS) is 9.84. The number of unbranched alkanes of at least 4 members (excludes halogenated alkanes) is 1. The molecule has 0 bridgehead atoms. The van der Waals surface area contributed by atoms with Crippen molar-refractivity contribution in [2.45, 2.75) is 59.8 Å². The van der Waals surface area contributed by atoms with Crippen molar-refractivity contribution in [3.63, 3.8) is 0 Å². The van der Waals surface area contributed by atoms with Crippen LogP contribution in [0.3, 0.4) is 0 Å². The summed E-state index contributed by atoms with van der Waals surface area (Å²) in [5.41, 5.74) is 1.14. The van der Waals surface area contributed by atoms with Crippen molar-refractivity contribution in [3.8, 4) is 0 Å². The van der Waals surface area contributed by atoms with E-state index in [2.05, 4.69) is 6.92 Å². The van der Waals surface area contributed by atoms with E-state index in [-0.39, 0.29) is 5.97 Å². The van der Waals surface area contributed by atoms with Gasteiger partial charge in [-0.2, -0.15) is 0 Å². The third-order valence-electron chi connectivity index (χ3n) is 3.84. The van der Waals surface area contributed by atoms with Gasteiger partial charge in [-0.25, -0.2) is 0 Å². The lowest BCUT2D eigenvalue weighted by Crippen LogP contribution is -2.35. The summed E-state index contributed by atoms with van der Waals surface area (Å²) in [5.74, 6) is -0.187. The molecule has 0 N–H and O–H groups in total. The highest BCUT2D eigenvalue weighted by molar-refractivity contribution is 5.87. The van der Waals surface area contributed by atoms with E-state index in [0.29, 0.717) is 6.61 Å². The van der Waals surface area contributed by atoms with E-state index in [0.717, 1.165) is 24.0 Å². The fraction of sp³-hybridized carbons (Fsp3) is 0.435. The molecular formula is C23H34O2. The molecule has 0 atom stereocenters. The Bertz CT molecular complexity index is 522. The summed E-state index contributed by atoms with van der Waals surface area (Å²) in [6, 6.07) is 19.6. The van der Waals surface area contributed by atoms with Crippen LogP contribution in [0.4, 0.5) is 0 Å². The first-order chi connectivity index (χ1) is 12.2. The standard InChI is InChI=1S/C19H22O2.2C2H6/c1-3-4-15-21-18(20)19(2,16-11-7-5-8-12-16)17-13-9-6-10-14-17;2*1-2/h5-14H,3-4,15H2,1-2H3;2*1-2H3. The molecule has 138 valence electrons. The average molecular weight is 343 g/mol. The zero-order valence-electron chi connectivity index (χ0n) is 16.7. The van der Waals surface area contributed by atoms with Crippen LogP contribution in [0.15, 0.2) is 60.7 Å². The van der Waals surface area contributed by atoms with Gasteiger partial charge in [-0.15, -0.1) is 0 Å². The van der Waals surface area contributed by atoms with Crippen LogP contribution >= 0.6 is 0 Å². The van der Waals surface area contributed by atoms with Gasteiger partial charge in [-0.05, 0) is 24.5 Å². The minimum absolute atomic E-state index is 0.187. The Hall–Kier alpha value is -2.09. The van der Waals surface area contributed by atoms with E-state index >= 15 is 0 Å².